The number of nitrogen functional groups attached to an aromatic ring is 1. The van der Waals surface area contributed by atoms with Crippen molar-refractivity contribution in [3.63, 3.8) is 0 Å². The molecule has 0 aliphatic carbocycles. The molecule has 1 aromatic carbocycles. The van der Waals surface area contributed by atoms with Gasteiger partial charge in [0.25, 0.3) is 0 Å². The summed E-state index contributed by atoms with van der Waals surface area (Å²) < 4.78 is 26.5. The number of nitrogens with two attached hydrogens (primary N) is 1. The number of benzene rings is 1. The van der Waals surface area contributed by atoms with E-state index >= 15 is 0 Å². The van der Waals surface area contributed by atoms with Gasteiger partial charge in [-0.1, -0.05) is 25.6 Å². The molecule has 1 heterocycles. The van der Waals surface area contributed by atoms with Crippen LogP contribution >= 0.6 is 11.8 Å². The van der Waals surface area contributed by atoms with Gasteiger partial charge in [0.2, 0.25) is 0 Å². The molecule has 3 nitrogen and oxygen atoms in total. The van der Waals surface area contributed by atoms with Gasteiger partial charge in [-0.05, 0) is 18.1 Å². The van der Waals surface area contributed by atoms with E-state index in [1.54, 1.807) is 0 Å². The molecule has 0 saturated carbocycles. The zero-order chi connectivity index (χ0) is 14.0. The van der Waals surface area contributed by atoms with Gasteiger partial charge in [0.1, 0.15) is 28.8 Å². The maximum atomic E-state index is 13.6. The van der Waals surface area contributed by atoms with Crippen LogP contribution in [0.25, 0.3) is 0 Å². The van der Waals surface area contributed by atoms with Gasteiger partial charge in [-0.3, -0.25) is 0 Å². The van der Waals surface area contributed by atoms with Crippen molar-refractivity contribution in [3.05, 3.63) is 41.7 Å². The van der Waals surface area contributed by atoms with E-state index in [0.717, 1.165) is 23.4 Å². The molecule has 0 aliphatic rings. The summed E-state index contributed by atoms with van der Waals surface area (Å²) in [5.74, 6) is -0.716. The van der Waals surface area contributed by atoms with E-state index in [2.05, 4.69) is 9.97 Å². The Labute approximate surface area is 114 Å². The van der Waals surface area contributed by atoms with Crippen molar-refractivity contribution in [2.24, 2.45) is 0 Å². The van der Waals surface area contributed by atoms with E-state index in [4.69, 9.17) is 5.73 Å². The lowest BCUT2D eigenvalue weighted by Crippen LogP contribution is -2.03. The molecule has 6 heteroatoms. The summed E-state index contributed by atoms with van der Waals surface area (Å²) in [5, 5.41) is 0.591. The molecule has 0 spiro atoms. The number of anilines is 1. The Morgan fingerprint density at radius 2 is 1.95 bits per heavy atom. The SMILES string of the molecule is CC(C)c1c(N)ncnc1Sc1ccc(F)cc1F. The van der Waals surface area contributed by atoms with Gasteiger partial charge in [0, 0.05) is 16.5 Å². The second-order valence-electron chi connectivity index (χ2n) is 4.31. The van der Waals surface area contributed by atoms with E-state index < -0.39 is 11.6 Å². The number of nitrogens with zero attached hydrogens (tertiary/aromatic N) is 2. The Morgan fingerprint density at radius 1 is 1.21 bits per heavy atom. The van der Waals surface area contributed by atoms with Crippen LogP contribution in [0.15, 0.2) is 34.4 Å². The average Bonchev–Trinajstić information content (AvgIpc) is 2.32. The lowest BCUT2D eigenvalue weighted by molar-refractivity contribution is 0.565. The third-order valence-electron chi connectivity index (χ3n) is 2.56. The smallest absolute Gasteiger partial charge is 0.140 e. The van der Waals surface area contributed by atoms with Crippen molar-refractivity contribution >= 4 is 17.6 Å². The number of halogens is 2. The molecule has 1 aromatic heterocycles. The summed E-state index contributed by atoms with van der Waals surface area (Å²) in [6.07, 6.45) is 1.34. The van der Waals surface area contributed by atoms with Crippen LogP contribution in [0.5, 0.6) is 0 Å². The van der Waals surface area contributed by atoms with Crippen LogP contribution in [0.1, 0.15) is 25.3 Å². The predicted octanol–water partition coefficient (Wildman–Crippen LogP) is 3.61. The second-order valence-corrected chi connectivity index (χ2v) is 5.34. The first-order chi connectivity index (χ1) is 8.99. The fourth-order valence-electron chi connectivity index (χ4n) is 1.68. The van der Waals surface area contributed by atoms with Crippen LogP contribution in [-0.2, 0) is 0 Å². The second kappa shape index (κ2) is 5.52. The van der Waals surface area contributed by atoms with Crippen LogP contribution in [0.3, 0.4) is 0 Å². The monoisotopic (exact) mass is 281 g/mol. The average molecular weight is 281 g/mol. The summed E-state index contributed by atoms with van der Waals surface area (Å²) in [5.41, 5.74) is 6.59. The maximum absolute atomic E-state index is 13.6. The van der Waals surface area contributed by atoms with E-state index in [-0.39, 0.29) is 5.92 Å². The minimum Gasteiger partial charge on any atom is -0.383 e. The van der Waals surface area contributed by atoms with Crippen molar-refractivity contribution in [3.8, 4) is 0 Å². The minimum atomic E-state index is -0.614. The molecule has 0 fully saturated rings. The summed E-state index contributed by atoms with van der Waals surface area (Å²) in [6.45, 7) is 3.92. The van der Waals surface area contributed by atoms with E-state index in [9.17, 15) is 8.78 Å². The minimum absolute atomic E-state index is 0.118. The first kappa shape index (κ1) is 13.7. The fraction of sp³-hybridized carbons (Fsp3) is 0.231. The summed E-state index contributed by atoms with van der Waals surface area (Å²) in [6, 6.07) is 3.45. The Bertz CT molecular complexity index is 602. The number of aromatic nitrogens is 2. The molecule has 19 heavy (non-hydrogen) atoms. The van der Waals surface area contributed by atoms with E-state index in [1.165, 1.54) is 18.5 Å². The van der Waals surface area contributed by atoms with Crippen molar-refractivity contribution in [2.45, 2.75) is 29.7 Å². The van der Waals surface area contributed by atoms with Crippen LogP contribution in [-0.4, -0.2) is 9.97 Å². The van der Waals surface area contributed by atoms with Gasteiger partial charge in [-0.25, -0.2) is 18.7 Å². The zero-order valence-electron chi connectivity index (χ0n) is 10.5. The van der Waals surface area contributed by atoms with Crippen LogP contribution in [0.2, 0.25) is 0 Å². The van der Waals surface area contributed by atoms with Gasteiger partial charge in [0.15, 0.2) is 0 Å². The molecular formula is C13H13F2N3S. The van der Waals surface area contributed by atoms with Crippen LogP contribution < -0.4 is 5.73 Å². The lowest BCUT2D eigenvalue weighted by atomic mass is 10.1. The molecule has 100 valence electrons. The van der Waals surface area contributed by atoms with Gasteiger partial charge in [0.05, 0.1) is 0 Å². The van der Waals surface area contributed by atoms with Crippen LogP contribution in [0, 0.1) is 11.6 Å². The Morgan fingerprint density at radius 3 is 2.58 bits per heavy atom. The van der Waals surface area contributed by atoms with Crippen LogP contribution in [0.4, 0.5) is 14.6 Å². The molecule has 0 aliphatic heterocycles. The molecule has 2 aromatic rings. The summed E-state index contributed by atoms with van der Waals surface area (Å²) in [7, 11) is 0. The number of hydrogen-bond donors (Lipinski definition) is 1. The van der Waals surface area contributed by atoms with Gasteiger partial charge in [-0.2, -0.15) is 0 Å². The molecule has 0 bridgehead atoms. The molecule has 0 atom stereocenters. The standard InChI is InChI=1S/C13H13F2N3S/c1-7(2)11-12(16)17-6-18-13(11)19-10-4-3-8(14)5-9(10)15/h3-7H,1-2H3,(H2,16,17,18). The highest BCUT2D eigenvalue weighted by atomic mass is 32.2. The van der Waals surface area contributed by atoms with Gasteiger partial charge < -0.3 is 5.73 Å². The van der Waals surface area contributed by atoms with E-state index in [1.807, 2.05) is 13.8 Å². The molecule has 0 amide bonds. The fourth-order valence-corrected chi connectivity index (χ4v) is 2.73. The first-order valence-electron chi connectivity index (χ1n) is 5.72. The molecule has 2 rings (SSSR count). The summed E-state index contributed by atoms with van der Waals surface area (Å²) >= 11 is 1.12. The Hall–Kier alpha value is -1.69. The lowest BCUT2D eigenvalue weighted by Gasteiger charge is -2.13. The normalized spacial score (nSPS) is 11.0. The quantitative estimate of drug-likeness (QED) is 0.873. The largest absolute Gasteiger partial charge is 0.383 e. The molecular weight excluding hydrogens is 268 g/mol. The Kier molecular flexibility index (Phi) is 3.99. The third-order valence-corrected chi connectivity index (χ3v) is 3.63. The predicted molar refractivity (Wildman–Crippen MR) is 71.0 cm³/mol. The van der Waals surface area contributed by atoms with Crippen molar-refractivity contribution in [1.29, 1.82) is 0 Å². The highest BCUT2D eigenvalue weighted by Gasteiger charge is 2.15. The molecule has 2 N–H and O–H groups in total. The van der Waals surface area contributed by atoms with Crippen molar-refractivity contribution in [2.75, 3.05) is 5.73 Å². The highest BCUT2D eigenvalue weighted by Crippen LogP contribution is 2.35. The molecule has 0 radical (unpaired) electrons. The van der Waals surface area contributed by atoms with Crippen molar-refractivity contribution < 1.29 is 8.78 Å². The van der Waals surface area contributed by atoms with Crippen molar-refractivity contribution in [1.82, 2.24) is 9.97 Å². The zero-order valence-corrected chi connectivity index (χ0v) is 11.3. The molecule has 0 unspecified atom stereocenters. The maximum Gasteiger partial charge on any atom is 0.140 e. The van der Waals surface area contributed by atoms with E-state index in [0.29, 0.717) is 15.7 Å². The first-order valence-corrected chi connectivity index (χ1v) is 6.54. The number of hydrogen-bond acceptors (Lipinski definition) is 4. The Balaban J connectivity index is 2.41. The highest BCUT2D eigenvalue weighted by molar-refractivity contribution is 7.99. The summed E-state index contributed by atoms with van der Waals surface area (Å²) in [4.78, 5) is 8.38. The molecule has 0 saturated heterocycles. The van der Waals surface area contributed by atoms with Gasteiger partial charge >= 0.3 is 0 Å². The third kappa shape index (κ3) is 3.01. The topological polar surface area (TPSA) is 51.8 Å². The number of rotatable bonds is 3. The van der Waals surface area contributed by atoms with Gasteiger partial charge in [-0.15, -0.1) is 0 Å².